The molecule has 0 fully saturated rings. The van der Waals surface area contributed by atoms with E-state index >= 15 is 0 Å². The maximum Gasteiger partial charge on any atom is -0.00498 e. The second kappa shape index (κ2) is 3.33. The number of rotatable bonds is 2. The first-order valence-electron chi connectivity index (χ1n) is 1.70. The standard InChI is InChI=1S/C3H10N2S/c1-4-6(3)5-2/h4-5H,3H2,1-2H3. The lowest BCUT2D eigenvalue weighted by Gasteiger charge is -1.97. The summed E-state index contributed by atoms with van der Waals surface area (Å²) in [6, 6.07) is 0. The maximum absolute atomic E-state index is 3.68. The molecule has 0 unspecified atom stereocenters. The fourth-order valence-electron chi connectivity index (χ4n) is 0.102. The van der Waals surface area contributed by atoms with Gasteiger partial charge in [-0.25, -0.2) is 0 Å². The Morgan fingerprint density at radius 2 is 1.67 bits per heavy atom. The highest BCUT2D eigenvalue weighted by molar-refractivity contribution is 8.10. The molecular formula is C3H10N2S. The summed E-state index contributed by atoms with van der Waals surface area (Å²) in [5.74, 6) is 3.68. The quantitative estimate of drug-likeness (QED) is 0.482. The van der Waals surface area contributed by atoms with Crippen molar-refractivity contribution in [1.29, 1.82) is 0 Å². The zero-order valence-electron chi connectivity index (χ0n) is 4.12. The first kappa shape index (κ1) is 6.14. The van der Waals surface area contributed by atoms with Crippen LogP contribution in [0.5, 0.6) is 0 Å². The zero-order valence-corrected chi connectivity index (χ0v) is 4.93. The summed E-state index contributed by atoms with van der Waals surface area (Å²) in [5, 5.41) is 0. The molecule has 0 saturated carbocycles. The fourth-order valence-corrected chi connectivity index (χ4v) is 0.306. The zero-order chi connectivity index (χ0) is 4.99. The fraction of sp³-hybridized carbons (Fsp3) is 0.667. The molecule has 0 aliphatic rings. The van der Waals surface area contributed by atoms with E-state index in [1.807, 2.05) is 14.1 Å². The molecule has 0 aromatic heterocycles. The van der Waals surface area contributed by atoms with Crippen LogP contribution in [0.15, 0.2) is 0 Å². The van der Waals surface area contributed by atoms with Crippen molar-refractivity contribution in [3.63, 3.8) is 0 Å². The Morgan fingerprint density at radius 3 is 1.67 bits per heavy atom. The monoisotopic (exact) mass is 106 g/mol. The first-order valence-corrected chi connectivity index (χ1v) is 3.09. The summed E-state index contributed by atoms with van der Waals surface area (Å²) in [5.41, 5.74) is 0. The number of hydrogen-bond acceptors (Lipinski definition) is 2. The van der Waals surface area contributed by atoms with Gasteiger partial charge < -0.3 is 0 Å². The van der Waals surface area contributed by atoms with E-state index in [1.54, 1.807) is 0 Å². The van der Waals surface area contributed by atoms with Crippen molar-refractivity contribution in [3.05, 3.63) is 0 Å². The molecule has 0 bridgehead atoms. The normalized spacial score (nSPS) is 9.83. The SMILES string of the molecule is C=S(NC)NC. The summed E-state index contributed by atoms with van der Waals surface area (Å²) < 4.78 is 5.84. The number of nitrogens with one attached hydrogen (secondary N) is 2. The van der Waals surface area contributed by atoms with E-state index in [4.69, 9.17) is 0 Å². The topological polar surface area (TPSA) is 24.1 Å². The largest absolute Gasteiger partial charge is 0.261 e. The summed E-state index contributed by atoms with van der Waals surface area (Å²) in [7, 11) is 3.70. The van der Waals surface area contributed by atoms with Gasteiger partial charge in [-0.05, 0) is 20.0 Å². The van der Waals surface area contributed by atoms with E-state index in [0.717, 1.165) is 0 Å². The van der Waals surface area contributed by atoms with Crippen LogP contribution in [0.1, 0.15) is 0 Å². The van der Waals surface area contributed by atoms with Crippen molar-refractivity contribution in [2.45, 2.75) is 0 Å². The van der Waals surface area contributed by atoms with Crippen molar-refractivity contribution >= 4 is 16.7 Å². The third-order valence-corrected chi connectivity index (χ3v) is 1.48. The van der Waals surface area contributed by atoms with Gasteiger partial charge in [0.1, 0.15) is 0 Å². The van der Waals surface area contributed by atoms with E-state index in [9.17, 15) is 0 Å². The average molecular weight is 106 g/mol. The molecule has 0 aliphatic carbocycles. The van der Waals surface area contributed by atoms with E-state index in [2.05, 4.69) is 15.3 Å². The van der Waals surface area contributed by atoms with Gasteiger partial charge in [0, 0.05) is 0 Å². The van der Waals surface area contributed by atoms with Gasteiger partial charge in [-0.1, -0.05) is 10.9 Å². The van der Waals surface area contributed by atoms with Crippen molar-refractivity contribution in [3.8, 4) is 0 Å². The summed E-state index contributed by atoms with van der Waals surface area (Å²) >= 11 is 0. The Balaban J connectivity index is 2.99. The van der Waals surface area contributed by atoms with Crippen LogP contribution in [0.3, 0.4) is 0 Å². The molecule has 0 atom stereocenters. The lowest BCUT2D eigenvalue weighted by atomic mass is 11.6. The van der Waals surface area contributed by atoms with E-state index < -0.39 is 0 Å². The van der Waals surface area contributed by atoms with Gasteiger partial charge in [0.2, 0.25) is 0 Å². The third-order valence-electron chi connectivity index (χ3n) is 0.493. The molecule has 0 rings (SSSR count). The molecule has 0 saturated heterocycles. The van der Waals surface area contributed by atoms with Crippen LogP contribution >= 0.6 is 10.9 Å². The number of hydrogen-bond donors (Lipinski definition) is 2. The molecule has 0 spiro atoms. The van der Waals surface area contributed by atoms with Gasteiger partial charge in [0.05, 0.1) is 0 Å². The van der Waals surface area contributed by atoms with Crippen molar-refractivity contribution < 1.29 is 0 Å². The van der Waals surface area contributed by atoms with Crippen LogP contribution in [0, 0.1) is 0 Å². The second-order valence-corrected chi connectivity index (χ2v) is 2.40. The van der Waals surface area contributed by atoms with Gasteiger partial charge in [0.25, 0.3) is 0 Å². The van der Waals surface area contributed by atoms with Crippen LogP contribution in [0.4, 0.5) is 0 Å². The Morgan fingerprint density at radius 1 is 1.33 bits per heavy atom. The summed E-state index contributed by atoms with van der Waals surface area (Å²) in [6.07, 6.45) is 0. The molecule has 0 aromatic carbocycles. The van der Waals surface area contributed by atoms with Gasteiger partial charge in [-0.15, -0.1) is 0 Å². The van der Waals surface area contributed by atoms with Crippen molar-refractivity contribution in [1.82, 2.24) is 9.44 Å². The Bertz CT molecular complexity index is 46.8. The van der Waals surface area contributed by atoms with Gasteiger partial charge in [-0.2, -0.15) is 0 Å². The molecule has 0 radical (unpaired) electrons. The first-order chi connectivity index (χ1) is 2.81. The molecule has 6 heavy (non-hydrogen) atoms. The van der Waals surface area contributed by atoms with E-state index in [0.29, 0.717) is 0 Å². The Hall–Kier alpha value is 0.140. The molecule has 2 N–H and O–H groups in total. The third kappa shape index (κ3) is 2.38. The highest BCUT2D eigenvalue weighted by Gasteiger charge is 1.70. The van der Waals surface area contributed by atoms with Crippen LogP contribution in [-0.4, -0.2) is 20.0 Å². The van der Waals surface area contributed by atoms with Crippen LogP contribution in [-0.2, 0) is 0 Å². The van der Waals surface area contributed by atoms with Gasteiger partial charge in [-0.3, -0.25) is 9.44 Å². The van der Waals surface area contributed by atoms with E-state index in [-0.39, 0.29) is 10.9 Å². The van der Waals surface area contributed by atoms with Crippen molar-refractivity contribution in [2.75, 3.05) is 14.1 Å². The Kier molecular flexibility index (Phi) is 3.41. The van der Waals surface area contributed by atoms with Crippen molar-refractivity contribution in [2.24, 2.45) is 0 Å². The molecule has 0 heterocycles. The van der Waals surface area contributed by atoms with Gasteiger partial charge >= 0.3 is 0 Å². The minimum atomic E-state index is -0.0340. The molecule has 0 aromatic rings. The molecule has 0 amide bonds. The Labute approximate surface area is 41.1 Å². The minimum Gasteiger partial charge on any atom is -0.261 e. The molecule has 38 valence electrons. The maximum atomic E-state index is 3.68. The predicted octanol–water partition coefficient (Wildman–Crippen LogP) is -0.0439. The average Bonchev–Trinajstić information content (AvgIpc) is 1.65. The predicted molar refractivity (Wildman–Crippen MR) is 32.8 cm³/mol. The van der Waals surface area contributed by atoms with Crippen LogP contribution in [0.25, 0.3) is 0 Å². The lowest BCUT2D eigenvalue weighted by molar-refractivity contribution is 1.21. The van der Waals surface area contributed by atoms with E-state index in [1.165, 1.54) is 0 Å². The van der Waals surface area contributed by atoms with Gasteiger partial charge in [0.15, 0.2) is 0 Å². The highest BCUT2D eigenvalue weighted by atomic mass is 32.2. The lowest BCUT2D eigenvalue weighted by Crippen LogP contribution is -2.07. The van der Waals surface area contributed by atoms with Crippen LogP contribution < -0.4 is 9.44 Å². The minimum absolute atomic E-state index is 0.0340. The molecule has 0 aliphatic heterocycles. The second-order valence-electron chi connectivity index (χ2n) is 0.799. The highest BCUT2D eigenvalue weighted by Crippen LogP contribution is 1.85. The smallest absolute Gasteiger partial charge is 0.00498 e. The summed E-state index contributed by atoms with van der Waals surface area (Å²) in [6.45, 7) is 0. The molecular weight excluding hydrogens is 96.1 g/mol. The summed E-state index contributed by atoms with van der Waals surface area (Å²) in [4.78, 5) is 0. The molecule has 2 nitrogen and oxygen atoms in total. The molecule has 3 heteroatoms. The van der Waals surface area contributed by atoms with Crippen LogP contribution in [0.2, 0.25) is 0 Å².